The SMILES string of the molecule is CNC(C)c1ccc(Br)cc1OCC(=O)N(C)C1CC1. The zero-order valence-electron chi connectivity index (χ0n) is 12.1. The molecule has 1 N–H and O–H groups in total. The van der Waals surface area contributed by atoms with Crippen LogP contribution in [-0.4, -0.2) is 37.6 Å². The van der Waals surface area contributed by atoms with E-state index in [9.17, 15) is 4.79 Å². The summed E-state index contributed by atoms with van der Waals surface area (Å²) >= 11 is 3.44. The summed E-state index contributed by atoms with van der Waals surface area (Å²) < 4.78 is 6.69. The number of nitrogens with one attached hydrogen (secondary N) is 1. The van der Waals surface area contributed by atoms with E-state index in [1.54, 1.807) is 4.90 Å². The summed E-state index contributed by atoms with van der Waals surface area (Å²) in [6, 6.07) is 6.50. The molecule has 0 spiro atoms. The fourth-order valence-electron chi connectivity index (χ4n) is 2.05. The third-order valence-corrected chi connectivity index (χ3v) is 4.21. The van der Waals surface area contributed by atoms with Crippen molar-refractivity contribution in [2.24, 2.45) is 0 Å². The lowest BCUT2D eigenvalue weighted by Gasteiger charge is -2.19. The van der Waals surface area contributed by atoms with Gasteiger partial charge in [-0.25, -0.2) is 0 Å². The maximum Gasteiger partial charge on any atom is 0.260 e. The molecule has 1 aromatic carbocycles. The first-order chi connectivity index (χ1) is 9.52. The number of amides is 1. The van der Waals surface area contributed by atoms with Crippen LogP contribution in [0.4, 0.5) is 0 Å². The molecule has 20 heavy (non-hydrogen) atoms. The minimum Gasteiger partial charge on any atom is -0.483 e. The second-order valence-electron chi connectivity index (χ2n) is 5.22. The summed E-state index contributed by atoms with van der Waals surface area (Å²) in [5.74, 6) is 0.786. The van der Waals surface area contributed by atoms with Gasteiger partial charge in [0, 0.05) is 29.2 Å². The molecule has 0 bridgehead atoms. The molecule has 1 aliphatic rings. The molecule has 1 aliphatic carbocycles. The standard InChI is InChI=1S/C15H21BrN2O2/c1-10(17-2)13-7-4-11(16)8-14(13)20-9-15(19)18(3)12-5-6-12/h4,7-8,10,12,17H,5-6,9H2,1-3H3. The molecule has 110 valence electrons. The molecule has 0 radical (unpaired) electrons. The Hall–Kier alpha value is -1.07. The van der Waals surface area contributed by atoms with E-state index >= 15 is 0 Å². The lowest BCUT2D eigenvalue weighted by atomic mass is 10.1. The van der Waals surface area contributed by atoms with Gasteiger partial charge in [0.25, 0.3) is 5.91 Å². The van der Waals surface area contributed by atoms with Gasteiger partial charge < -0.3 is 15.0 Å². The smallest absolute Gasteiger partial charge is 0.260 e. The quantitative estimate of drug-likeness (QED) is 0.865. The van der Waals surface area contributed by atoms with Crippen molar-refractivity contribution in [2.45, 2.75) is 31.8 Å². The summed E-state index contributed by atoms with van der Waals surface area (Å²) in [7, 11) is 3.75. The number of carbonyl (C=O) groups excluding carboxylic acids is 1. The minimum absolute atomic E-state index is 0.0375. The average molecular weight is 341 g/mol. The molecule has 1 aromatic rings. The number of halogens is 1. The van der Waals surface area contributed by atoms with E-state index in [2.05, 4.69) is 28.2 Å². The van der Waals surface area contributed by atoms with E-state index < -0.39 is 0 Å². The van der Waals surface area contributed by atoms with Gasteiger partial charge in [-0.1, -0.05) is 22.0 Å². The molecule has 0 aliphatic heterocycles. The van der Waals surface area contributed by atoms with Gasteiger partial charge in [-0.2, -0.15) is 0 Å². The van der Waals surface area contributed by atoms with Crippen LogP contribution in [0, 0.1) is 0 Å². The highest BCUT2D eigenvalue weighted by molar-refractivity contribution is 9.10. The fourth-order valence-corrected chi connectivity index (χ4v) is 2.39. The lowest BCUT2D eigenvalue weighted by Crippen LogP contribution is -2.33. The van der Waals surface area contributed by atoms with Gasteiger partial charge in [0.05, 0.1) is 0 Å². The largest absolute Gasteiger partial charge is 0.483 e. The number of hydrogen-bond acceptors (Lipinski definition) is 3. The van der Waals surface area contributed by atoms with E-state index in [-0.39, 0.29) is 18.6 Å². The van der Waals surface area contributed by atoms with Gasteiger partial charge in [0.1, 0.15) is 5.75 Å². The van der Waals surface area contributed by atoms with Crippen LogP contribution in [0.2, 0.25) is 0 Å². The van der Waals surface area contributed by atoms with E-state index in [0.717, 1.165) is 28.6 Å². The molecule has 4 nitrogen and oxygen atoms in total. The first-order valence-corrected chi connectivity index (χ1v) is 7.67. The van der Waals surface area contributed by atoms with Gasteiger partial charge in [-0.15, -0.1) is 0 Å². The molecular weight excluding hydrogens is 320 g/mol. The Morgan fingerprint density at radius 2 is 2.25 bits per heavy atom. The molecule has 0 aromatic heterocycles. The maximum atomic E-state index is 12.0. The molecule has 0 heterocycles. The van der Waals surface area contributed by atoms with Crippen molar-refractivity contribution >= 4 is 21.8 Å². The zero-order valence-corrected chi connectivity index (χ0v) is 13.7. The number of benzene rings is 1. The molecule has 1 amide bonds. The van der Waals surface area contributed by atoms with E-state index in [4.69, 9.17) is 4.74 Å². The molecule has 0 saturated heterocycles. The van der Waals surface area contributed by atoms with Gasteiger partial charge in [-0.3, -0.25) is 4.79 Å². The van der Waals surface area contributed by atoms with Crippen molar-refractivity contribution in [3.8, 4) is 5.75 Å². The number of ether oxygens (including phenoxy) is 1. The highest BCUT2D eigenvalue weighted by Crippen LogP contribution is 2.29. The monoisotopic (exact) mass is 340 g/mol. The Labute approximate surface area is 128 Å². The topological polar surface area (TPSA) is 41.6 Å². The summed E-state index contributed by atoms with van der Waals surface area (Å²) in [6.45, 7) is 2.15. The number of hydrogen-bond donors (Lipinski definition) is 1. The average Bonchev–Trinajstić information content (AvgIpc) is 3.27. The van der Waals surface area contributed by atoms with Gasteiger partial charge >= 0.3 is 0 Å². The number of nitrogens with zero attached hydrogens (tertiary/aromatic N) is 1. The Balaban J connectivity index is 2.03. The molecule has 5 heteroatoms. The molecule has 2 rings (SSSR count). The summed E-state index contributed by atoms with van der Waals surface area (Å²) in [6.07, 6.45) is 2.22. The van der Waals surface area contributed by atoms with Crippen LogP contribution in [0.3, 0.4) is 0 Å². The maximum absolute atomic E-state index is 12.0. The van der Waals surface area contributed by atoms with Crippen LogP contribution >= 0.6 is 15.9 Å². The summed E-state index contributed by atoms with van der Waals surface area (Å²) in [4.78, 5) is 13.8. The first kappa shape index (κ1) is 15.3. The highest BCUT2D eigenvalue weighted by Gasteiger charge is 2.29. The molecular formula is C15H21BrN2O2. The van der Waals surface area contributed by atoms with Crippen LogP contribution in [0.1, 0.15) is 31.4 Å². The Morgan fingerprint density at radius 1 is 1.55 bits per heavy atom. The lowest BCUT2D eigenvalue weighted by molar-refractivity contribution is -0.132. The van der Waals surface area contributed by atoms with Crippen LogP contribution in [-0.2, 0) is 4.79 Å². The third kappa shape index (κ3) is 3.73. The third-order valence-electron chi connectivity index (χ3n) is 3.71. The number of likely N-dealkylation sites (N-methyl/N-ethyl adjacent to an activating group) is 1. The van der Waals surface area contributed by atoms with E-state index in [1.165, 1.54) is 0 Å². The van der Waals surface area contributed by atoms with Gasteiger partial charge in [-0.05, 0) is 38.9 Å². The molecule has 1 unspecified atom stereocenters. The van der Waals surface area contributed by atoms with Crippen molar-refractivity contribution < 1.29 is 9.53 Å². The molecule has 1 atom stereocenters. The van der Waals surface area contributed by atoms with Crippen molar-refractivity contribution in [2.75, 3.05) is 20.7 Å². The van der Waals surface area contributed by atoms with E-state index in [1.807, 2.05) is 32.3 Å². The number of rotatable bonds is 6. The summed E-state index contributed by atoms with van der Waals surface area (Å²) in [5.41, 5.74) is 1.05. The van der Waals surface area contributed by atoms with Crippen molar-refractivity contribution in [1.29, 1.82) is 0 Å². The minimum atomic E-state index is 0.0375. The predicted octanol–water partition coefficient (Wildman–Crippen LogP) is 2.73. The second-order valence-corrected chi connectivity index (χ2v) is 6.13. The number of carbonyl (C=O) groups is 1. The molecule has 1 saturated carbocycles. The Bertz CT molecular complexity index is 489. The molecule has 1 fully saturated rings. The Kier molecular flexibility index (Phi) is 5.05. The normalized spacial score (nSPS) is 15.8. The van der Waals surface area contributed by atoms with Crippen molar-refractivity contribution in [1.82, 2.24) is 10.2 Å². The highest BCUT2D eigenvalue weighted by atomic mass is 79.9. The van der Waals surface area contributed by atoms with Crippen LogP contribution in [0.5, 0.6) is 5.75 Å². The van der Waals surface area contributed by atoms with Crippen LogP contribution in [0.25, 0.3) is 0 Å². The zero-order chi connectivity index (χ0) is 14.7. The fraction of sp³-hybridized carbons (Fsp3) is 0.533. The van der Waals surface area contributed by atoms with Gasteiger partial charge in [0.15, 0.2) is 6.61 Å². The Morgan fingerprint density at radius 3 is 2.85 bits per heavy atom. The van der Waals surface area contributed by atoms with E-state index in [0.29, 0.717) is 6.04 Å². The summed E-state index contributed by atoms with van der Waals surface area (Å²) in [5, 5.41) is 3.19. The van der Waals surface area contributed by atoms with Crippen LogP contribution in [0.15, 0.2) is 22.7 Å². The second kappa shape index (κ2) is 6.59. The van der Waals surface area contributed by atoms with Gasteiger partial charge in [0.2, 0.25) is 0 Å². The van der Waals surface area contributed by atoms with Crippen LogP contribution < -0.4 is 10.1 Å². The van der Waals surface area contributed by atoms with Crippen molar-refractivity contribution in [3.05, 3.63) is 28.2 Å². The first-order valence-electron chi connectivity index (χ1n) is 6.88. The predicted molar refractivity (Wildman–Crippen MR) is 82.9 cm³/mol. The van der Waals surface area contributed by atoms with Crippen molar-refractivity contribution in [3.63, 3.8) is 0 Å².